The second-order valence-corrected chi connectivity index (χ2v) is 9.67. The molecule has 0 bridgehead atoms. The van der Waals surface area contributed by atoms with E-state index in [-0.39, 0.29) is 12.3 Å². The van der Waals surface area contributed by atoms with Gasteiger partial charge in [0.05, 0.1) is 11.4 Å². The van der Waals surface area contributed by atoms with E-state index in [2.05, 4.69) is 26.2 Å². The van der Waals surface area contributed by atoms with Crippen molar-refractivity contribution in [3.63, 3.8) is 0 Å². The number of pyridine rings is 1. The zero-order valence-corrected chi connectivity index (χ0v) is 18.5. The van der Waals surface area contributed by atoms with Crippen LogP contribution in [-0.2, 0) is 33.5 Å². The van der Waals surface area contributed by atoms with Crippen molar-refractivity contribution in [2.45, 2.75) is 18.9 Å². The molecule has 0 atom stereocenters. The van der Waals surface area contributed by atoms with Crippen molar-refractivity contribution in [3.8, 4) is 5.75 Å². The number of carbonyl (C=O) groups excluding carboxylic acids is 1. The second kappa shape index (κ2) is 10.4. The van der Waals surface area contributed by atoms with Gasteiger partial charge < -0.3 is 10.1 Å². The van der Waals surface area contributed by atoms with Gasteiger partial charge in [0.25, 0.3) is 0 Å². The highest BCUT2D eigenvalue weighted by molar-refractivity contribution is 9.10. The molecule has 1 N–H and O–H groups in total. The maximum Gasteiger partial charge on any atom is 0.235 e. The van der Waals surface area contributed by atoms with Gasteiger partial charge in [0.2, 0.25) is 5.91 Å². The van der Waals surface area contributed by atoms with Crippen LogP contribution >= 0.6 is 15.9 Å². The number of nitrogens with zero attached hydrogens (tertiary/aromatic N) is 1. The van der Waals surface area contributed by atoms with Gasteiger partial charge in [-0.1, -0.05) is 46.3 Å². The van der Waals surface area contributed by atoms with Gasteiger partial charge in [-0.3, -0.25) is 9.78 Å². The van der Waals surface area contributed by atoms with Gasteiger partial charge in [-0.15, -0.1) is 0 Å². The lowest BCUT2D eigenvalue weighted by Gasteiger charge is -2.09. The molecule has 0 aliphatic heterocycles. The quantitative estimate of drug-likeness (QED) is 0.496. The largest absolute Gasteiger partial charge is 0.487 e. The van der Waals surface area contributed by atoms with Crippen LogP contribution in [0.4, 0.5) is 0 Å². The van der Waals surface area contributed by atoms with Gasteiger partial charge in [0.15, 0.2) is 9.84 Å². The predicted octanol–water partition coefficient (Wildman–Crippen LogP) is 3.65. The first-order chi connectivity index (χ1) is 14.4. The molecule has 8 heteroatoms. The number of ether oxygens (including phenoxy) is 1. The summed E-state index contributed by atoms with van der Waals surface area (Å²) in [7, 11) is -3.55. The van der Waals surface area contributed by atoms with E-state index in [0.717, 1.165) is 15.7 Å². The lowest BCUT2D eigenvalue weighted by atomic mass is 10.2. The minimum absolute atomic E-state index is 0.178. The van der Waals surface area contributed by atoms with Crippen molar-refractivity contribution in [1.82, 2.24) is 10.3 Å². The highest BCUT2D eigenvalue weighted by Gasteiger charge is 2.17. The summed E-state index contributed by atoms with van der Waals surface area (Å²) in [6, 6.07) is 19.9. The van der Waals surface area contributed by atoms with Gasteiger partial charge in [0.1, 0.15) is 18.1 Å². The Bertz CT molecular complexity index is 1090. The van der Waals surface area contributed by atoms with Crippen molar-refractivity contribution in [2.75, 3.05) is 5.75 Å². The minimum atomic E-state index is -3.55. The molecule has 0 aliphatic rings. The van der Waals surface area contributed by atoms with Gasteiger partial charge >= 0.3 is 0 Å². The summed E-state index contributed by atoms with van der Waals surface area (Å²) in [5.41, 5.74) is 2.31. The lowest BCUT2D eigenvalue weighted by molar-refractivity contribution is -0.118. The number of sulfone groups is 1. The summed E-state index contributed by atoms with van der Waals surface area (Å²) in [5, 5.41) is 2.65. The average molecular weight is 489 g/mol. The number of rotatable bonds is 9. The van der Waals surface area contributed by atoms with Crippen LogP contribution in [-0.4, -0.2) is 25.1 Å². The molecule has 156 valence electrons. The van der Waals surface area contributed by atoms with E-state index in [9.17, 15) is 13.2 Å². The fourth-order valence-electron chi connectivity index (χ4n) is 2.73. The first-order valence-electron chi connectivity index (χ1n) is 9.23. The summed E-state index contributed by atoms with van der Waals surface area (Å²) >= 11 is 3.31. The van der Waals surface area contributed by atoms with Crippen LogP contribution in [0.3, 0.4) is 0 Å². The zero-order chi connectivity index (χ0) is 21.4. The third kappa shape index (κ3) is 7.27. The fraction of sp³-hybridized carbons (Fsp3) is 0.182. The van der Waals surface area contributed by atoms with Gasteiger partial charge in [-0.25, -0.2) is 8.42 Å². The molecule has 0 spiro atoms. The highest BCUT2D eigenvalue weighted by Crippen LogP contribution is 2.15. The second-order valence-electron chi connectivity index (χ2n) is 6.69. The van der Waals surface area contributed by atoms with Crippen LogP contribution < -0.4 is 10.1 Å². The Hall–Kier alpha value is -2.71. The molecule has 1 amide bonds. The molecule has 3 aromatic rings. The number of nitrogens with one attached hydrogen (secondary N) is 1. The van der Waals surface area contributed by atoms with Gasteiger partial charge in [-0.05, 0) is 47.5 Å². The molecule has 1 aromatic heterocycles. The molecule has 3 rings (SSSR count). The number of hydrogen-bond acceptors (Lipinski definition) is 5. The summed E-state index contributed by atoms with van der Waals surface area (Å²) < 4.78 is 31.0. The molecular weight excluding hydrogens is 468 g/mol. The Morgan fingerprint density at radius 2 is 1.80 bits per heavy atom. The zero-order valence-electron chi connectivity index (χ0n) is 16.1. The molecule has 30 heavy (non-hydrogen) atoms. The summed E-state index contributed by atoms with van der Waals surface area (Å²) in [4.78, 5) is 16.3. The first-order valence-corrected chi connectivity index (χ1v) is 11.8. The molecule has 2 aromatic carbocycles. The van der Waals surface area contributed by atoms with E-state index in [4.69, 9.17) is 4.74 Å². The first kappa shape index (κ1) is 22.0. The molecular formula is C22H21BrN2O4S. The smallest absolute Gasteiger partial charge is 0.235 e. The number of amides is 1. The van der Waals surface area contributed by atoms with Crippen LogP contribution in [0.1, 0.15) is 16.8 Å². The van der Waals surface area contributed by atoms with E-state index >= 15 is 0 Å². The molecule has 1 heterocycles. The van der Waals surface area contributed by atoms with Crippen LogP contribution in [0.15, 0.2) is 77.4 Å². The average Bonchev–Trinajstić information content (AvgIpc) is 2.71. The standard InChI is InChI=1S/C22H21BrN2O4S/c23-19-5-3-4-18(12-19)15-30(27,28)16-22(26)25-13-17-7-9-21(10-8-17)29-14-20-6-1-2-11-24-20/h1-12H,13-16H2,(H,25,26). The van der Waals surface area contributed by atoms with E-state index in [1.165, 1.54) is 0 Å². The molecule has 0 aliphatic carbocycles. The van der Waals surface area contributed by atoms with Crippen molar-refractivity contribution >= 4 is 31.7 Å². The maximum atomic E-state index is 12.3. The molecule has 0 unspecified atom stereocenters. The monoisotopic (exact) mass is 488 g/mol. The van der Waals surface area contributed by atoms with Gasteiger partial charge in [-0.2, -0.15) is 0 Å². The van der Waals surface area contributed by atoms with Crippen LogP contribution in [0, 0.1) is 0 Å². The van der Waals surface area contributed by atoms with E-state index in [1.807, 2.05) is 36.4 Å². The molecule has 6 nitrogen and oxygen atoms in total. The predicted molar refractivity (Wildman–Crippen MR) is 118 cm³/mol. The Morgan fingerprint density at radius 1 is 1.00 bits per heavy atom. The Labute approximate surface area is 184 Å². The van der Waals surface area contributed by atoms with Crippen LogP contribution in [0.5, 0.6) is 5.75 Å². The van der Waals surface area contributed by atoms with E-state index in [1.54, 1.807) is 36.5 Å². The summed E-state index contributed by atoms with van der Waals surface area (Å²) in [6.45, 7) is 0.610. The minimum Gasteiger partial charge on any atom is -0.487 e. The molecule has 0 saturated carbocycles. The number of hydrogen-bond donors (Lipinski definition) is 1. The third-order valence-electron chi connectivity index (χ3n) is 4.15. The SMILES string of the molecule is O=C(CS(=O)(=O)Cc1cccc(Br)c1)NCc1ccc(OCc2ccccn2)cc1. The van der Waals surface area contributed by atoms with Crippen LogP contribution in [0.2, 0.25) is 0 Å². The number of benzene rings is 2. The number of carbonyl (C=O) groups is 1. The third-order valence-corrected chi connectivity index (χ3v) is 6.12. The normalized spacial score (nSPS) is 11.1. The lowest BCUT2D eigenvalue weighted by Crippen LogP contribution is -2.30. The Morgan fingerprint density at radius 3 is 2.50 bits per heavy atom. The van der Waals surface area contributed by atoms with E-state index in [0.29, 0.717) is 17.9 Å². The Kier molecular flexibility index (Phi) is 7.59. The van der Waals surface area contributed by atoms with Crippen molar-refractivity contribution < 1.29 is 17.9 Å². The Balaban J connectivity index is 1.46. The van der Waals surface area contributed by atoms with Crippen molar-refractivity contribution in [1.29, 1.82) is 0 Å². The fourth-order valence-corrected chi connectivity index (χ4v) is 4.47. The molecule has 0 radical (unpaired) electrons. The molecule has 0 saturated heterocycles. The summed E-state index contributed by atoms with van der Waals surface area (Å²) in [5.74, 6) is -0.569. The maximum absolute atomic E-state index is 12.3. The summed E-state index contributed by atoms with van der Waals surface area (Å²) in [6.07, 6.45) is 1.71. The topological polar surface area (TPSA) is 85.4 Å². The highest BCUT2D eigenvalue weighted by atomic mass is 79.9. The van der Waals surface area contributed by atoms with Crippen molar-refractivity contribution in [3.05, 3.63) is 94.2 Å². The van der Waals surface area contributed by atoms with Crippen molar-refractivity contribution in [2.24, 2.45) is 0 Å². The molecule has 0 fully saturated rings. The van der Waals surface area contributed by atoms with E-state index < -0.39 is 21.5 Å². The van der Waals surface area contributed by atoms with Gasteiger partial charge in [0, 0.05) is 17.2 Å². The number of aromatic nitrogens is 1. The van der Waals surface area contributed by atoms with Crippen LogP contribution in [0.25, 0.3) is 0 Å². The number of halogens is 1.